The fourth-order valence-electron chi connectivity index (χ4n) is 2.85. The van der Waals surface area contributed by atoms with Gasteiger partial charge in [-0.2, -0.15) is 0 Å². The predicted octanol–water partition coefficient (Wildman–Crippen LogP) is 3.70. The summed E-state index contributed by atoms with van der Waals surface area (Å²) in [6.45, 7) is 6.62. The molecule has 88 valence electrons. The number of carboxylic acids is 1. The van der Waals surface area contributed by atoms with Crippen molar-refractivity contribution in [2.24, 2.45) is 17.3 Å². The van der Waals surface area contributed by atoms with E-state index in [4.69, 9.17) is 5.11 Å². The van der Waals surface area contributed by atoms with Crippen molar-refractivity contribution in [3.05, 3.63) is 0 Å². The maximum absolute atomic E-state index is 10.9. The molecule has 1 N–H and O–H groups in total. The number of hydrogen-bond acceptors (Lipinski definition) is 1. The molecule has 0 amide bonds. The normalized spacial score (nSPS) is 20.5. The highest BCUT2D eigenvalue weighted by Gasteiger charge is 2.30. The Kier molecular flexibility index (Phi) is 4.18. The van der Waals surface area contributed by atoms with Crippen molar-refractivity contribution in [3.8, 4) is 0 Å². The van der Waals surface area contributed by atoms with Crippen LogP contribution in [0.4, 0.5) is 0 Å². The third-order valence-electron chi connectivity index (χ3n) is 3.38. The molecule has 2 nitrogen and oxygen atoms in total. The van der Waals surface area contributed by atoms with E-state index in [1.807, 2.05) is 0 Å². The first-order chi connectivity index (χ1) is 6.88. The lowest BCUT2D eigenvalue weighted by Gasteiger charge is -2.29. The summed E-state index contributed by atoms with van der Waals surface area (Å²) in [5.74, 6) is 0.432. The molecule has 1 rings (SSSR count). The van der Waals surface area contributed by atoms with Crippen LogP contribution in [-0.2, 0) is 4.79 Å². The molecule has 1 unspecified atom stereocenters. The second-order valence-corrected chi connectivity index (χ2v) is 6.17. The molecule has 0 bridgehead atoms. The van der Waals surface area contributed by atoms with E-state index in [0.29, 0.717) is 18.3 Å². The number of hydrogen-bond donors (Lipinski definition) is 1. The van der Waals surface area contributed by atoms with Crippen molar-refractivity contribution >= 4 is 5.97 Å². The maximum Gasteiger partial charge on any atom is 0.303 e. The number of aliphatic carboxylic acids is 1. The van der Waals surface area contributed by atoms with E-state index in [0.717, 1.165) is 6.42 Å². The highest BCUT2D eigenvalue weighted by Crippen LogP contribution is 2.39. The van der Waals surface area contributed by atoms with Crippen molar-refractivity contribution in [2.75, 3.05) is 0 Å². The quantitative estimate of drug-likeness (QED) is 0.771. The standard InChI is InChI=1S/C13H24O2/c1-13(2,3)9-11(8-12(14)15)10-6-4-5-7-10/h10-11H,4-9H2,1-3H3,(H,14,15). The zero-order valence-corrected chi connectivity index (χ0v) is 10.3. The molecule has 1 aliphatic rings. The molecule has 0 aliphatic heterocycles. The van der Waals surface area contributed by atoms with E-state index in [9.17, 15) is 4.79 Å². The van der Waals surface area contributed by atoms with Crippen LogP contribution in [0.15, 0.2) is 0 Å². The molecular weight excluding hydrogens is 188 g/mol. The Labute approximate surface area is 93.1 Å². The van der Waals surface area contributed by atoms with Crippen LogP contribution in [0.25, 0.3) is 0 Å². The third kappa shape index (κ3) is 4.67. The smallest absolute Gasteiger partial charge is 0.303 e. The molecule has 15 heavy (non-hydrogen) atoms. The van der Waals surface area contributed by atoms with Crippen LogP contribution in [-0.4, -0.2) is 11.1 Å². The summed E-state index contributed by atoms with van der Waals surface area (Å²) in [7, 11) is 0. The average Bonchev–Trinajstić information content (AvgIpc) is 2.50. The molecule has 0 aromatic heterocycles. The van der Waals surface area contributed by atoms with Gasteiger partial charge in [0.05, 0.1) is 0 Å². The molecule has 1 saturated carbocycles. The van der Waals surface area contributed by atoms with Crippen molar-refractivity contribution in [2.45, 2.75) is 59.3 Å². The minimum absolute atomic E-state index is 0.253. The molecule has 0 radical (unpaired) electrons. The lowest BCUT2D eigenvalue weighted by molar-refractivity contribution is -0.138. The molecular formula is C13H24O2. The fraction of sp³-hybridized carbons (Fsp3) is 0.923. The van der Waals surface area contributed by atoms with Gasteiger partial charge in [0.1, 0.15) is 0 Å². The molecule has 1 aliphatic carbocycles. The van der Waals surface area contributed by atoms with Crippen LogP contribution in [0.3, 0.4) is 0 Å². The Bertz CT molecular complexity index is 209. The van der Waals surface area contributed by atoms with E-state index in [2.05, 4.69) is 20.8 Å². The van der Waals surface area contributed by atoms with Crippen LogP contribution >= 0.6 is 0 Å². The van der Waals surface area contributed by atoms with E-state index in [1.165, 1.54) is 25.7 Å². The third-order valence-corrected chi connectivity index (χ3v) is 3.38. The zero-order valence-electron chi connectivity index (χ0n) is 10.3. The summed E-state index contributed by atoms with van der Waals surface area (Å²) in [6, 6.07) is 0. The van der Waals surface area contributed by atoms with Crippen LogP contribution in [0, 0.1) is 17.3 Å². The monoisotopic (exact) mass is 212 g/mol. The first-order valence-electron chi connectivity index (χ1n) is 6.10. The largest absolute Gasteiger partial charge is 0.481 e. The average molecular weight is 212 g/mol. The molecule has 1 fully saturated rings. The fourth-order valence-corrected chi connectivity index (χ4v) is 2.85. The van der Waals surface area contributed by atoms with E-state index in [1.54, 1.807) is 0 Å². The van der Waals surface area contributed by atoms with Crippen molar-refractivity contribution in [3.63, 3.8) is 0 Å². The Morgan fingerprint density at radius 3 is 2.27 bits per heavy atom. The SMILES string of the molecule is CC(C)(C)CC(CC(=O)O)C1CCCC1. The number of carboxylic acid groups (broad SMARTS) is 1. The van der Waals surface area contributed by atoms with Crippen LogP contribution in [0.1, 0.15) is 59.3 Å². The topological polar surface area (TPSA) is 37.3 Å². The zero-order chi connectivity index (χ0) is 11.5. The van der Waals surface area contributed by atoms with Gasteiger partial charge in [-0.25, -0.2) is 0 Å². The maximum atomic E-state index is 10.9. The van der Waals surface area contributed by atoms with Crippen molar-refractivity contribution in [1.29, 1.82) is 0 Å². The Morgan fingerprint density at radius 1 is 1.33 bits per heavy atom. The van der Waals surface area contributed by atoms with Crippen LogP contribution < -0.4 is 0 Å². The Balaban J connectivity index is 2.55. The molecule has 2 heteroatoms. The lowest BCUT2D eigenvalue weighted by Crippen LogP contribution is -2.22. The van der Waals surface area contributed by atoms with Gasteiger partial charge in [0.25, 0.3) is 0 Å². The summed E-state index contributed by atoms with van der Waals surface area (Å²) in [5, 5.41) is 8.94. The van der Waals surface area contributed by atoms with E-state index >= 15 is 0 Å². The van der Waals surface area contributed by atoms with Gasteiger partial charge in [-0.3, -0.25) is 4.79 Å². The van der Waals surface area contributed by atoms with Gasteiger partial charge in [0.15, 0.2) is 0 Å². The van der Waals surface area contributed by atoms with Crippen molar-refractivity contribution < 1.29 is 9.90 Å². The van der Waals surface area contributed by atoms with Gasteiger partial charge in [-0.1, -0.05) is 46.5 Å². The Hall–Kier alpha value is -0.530. The van der Waals surface area contributed by atoms with Gasteiger partial charge in [0, 0.05) is 6.42 Å². The second kappa shape index (κ2) is 5.00. The predicted molar refractivity (Wildman–Crippen MR) is 61.8 cm³/mol. The summed E-state index contributed by atoms with van der Waals surface area (Å²) in [5.41, 5.74) is 0.253. The first-order valence-corrected chi connectivity index (χ1v) is 6.10. The molecule has 0 spiro atoms. The van der Waals surface area contributed by atoms with E-state index in [-0.39, 0.29) is 5.41 Å². The number of rotatable bonds is 4. The summed E-state index contributed by atoms with van der Waals surface area (Å²) in [4.78, 5) is 10.9. The second-order valence-electron chi connectivity index (χ2n) is 6.17. The van der Waals surface area contributed by atoms with E-state index < -0.39 is 5.97 Å². The summed E-state index contributed by atoms with van der Waals surface area (Å²) >= 11 is 0. The van der Waals surface area contributed by atoms with Gasteiger partial charge in [-0.05, 0) is 23.7 Å². The molecule has 0 aromatic rings. The van der Waals surface area contributed by atoms with Gasteiger partial charge < -0.3 is 5.11 Å². The number of carbonyl (C=O) groups is 1. The summed E-state index contributed by atoms with van der Waals surface area (Å²) in [6.07, 6.45) is 6.49. The molecule has 0 saturated heterocycles. The Morgan fingerprint density at radius 2 is 1.87 bits per heavy atom. The summed E-state index contributed by atoms with van der Waals surface area (Å²) < 4.78 is 0. The lowest BCUT2D eigenvalue weighted by atomic mass is 9.76. The molecule has 0 heterocycles. The molecule has 0 aromatic carbocycles. The van der Waals surface area contributed by atoms with Crippen molar-refractivity contribution in [1.82, 2.24) is 0 Å². The van der Waals surface area contributed by atoms with Gasteiger partial charge in [0.2, 0.25) is 0 Å². The minimum atomic E-state index is -0.629. The minimum Gasteiger partial charge on any atom is -0.481 e. The van der Waals surface area contributed by atoms with Gasteiger partial charge >= 0.3 is 5.97 Å². The van der Waals surface area contributed by atoms with Gasteiger partial charge in [-0.15, -0.1) is 0 Å². The first kappa shape index (κ1) is 12.5. The van der Waals surface area contributed by atoms with Crippen LogP contribution in [0.5, 0.6) is 0 Å². The molecule has 1 atom stereocenters. The highest BCUT2D eigenvalue weighted by molar-refractivity contribution is 5.67. The highest BCUT2D eigenvalue weighted by atomic mass is 16.4. The van der Waals surface area contributed by atoms with Crippen LogP contribution in [0.2, 0.25) is 0 Å².